The minimum Gasteiger partial charge on any atom is -0.465 e. The van der Waals surface area contributed by atoms with Crippen LogP contribution in [0, 0.1) is 23.7 Å². The van der Waals surface area contributed by atoms with Crippen LogP contribution in [0.3, 0.4) is 0 Å². The Morgan fingerprint density at radius 1 is 0.933 bits per heavy atom. The maximum atomic E-state index is 12.9. The lowest BCUT2D eigenvalue weighted by molar-refractivity contribution is -0.152. The van der Waals surface area contributed by atoms with Crippen molar-refractivity contribution in [1.82, 2.24) is 4.90 Å². The lowest BCUT2D eigenvalue weighted by Crippen LogP contribution is -2.48. The summed E-state index contributed by atoms with van der Waals surface area (Å²) in [5.41, 5.74) is -0.105. The van der Waals surface area contributed by atoms with E-state index >= 15 is 0 Å². The maximum Gasteiger partial charge on any atom is 0.310 e. The molecule has 3 rings (SSSR count). The predicted molar refractivity (Wildman–Crippen MR) is 122 cm³/mol. The molecule has 0 aromatic carbocycles. The highest BCUT2D eigenvalue weighted by atomic mass is 16.5. The van der Waals surface area contributed by atoms with Crippen molar-refractivity contribution in [2.45, 2.75) is 103 Å². The zero-order valence-electron chi connectivity index (χ0n) is 20.3. The Morgan fingerprint density at radius 2 is 1.47 bits per heavy atom. The van der Waals surface area contributed by atoms with Crippen molar-refractivity contribution in [3.05, 3.63) is 12.2 Å². The van der Waals surface area contributed by atoms with Crippen molar-refractivity contribution in [3.63, 3.8) is 0 Å². The van der Waals surface area contributed by atoms with E-state index in [0.29, 0.717) is 24.5 Å². The van der Waals surface area contributed by atoms with Gasteiger partial charge in [-0.05, 0) is 110 Å². The number of esters is 1. The summed E-state index contributed by atoms with van der Waals surface area (Å²) in [6, 6.07) is 0. The quantitative estimate of drug-likeness (QED) is 0.414. The summed E-state index contributed by atoms with van der Waals surface area (Å²) in [5.74, 6) is 1.95. The van der Waals surface area contributed by atoms with Gasteiger partial charge in [-0.2, -0.15) is 0 Å². The van der Waals surface area contributed by atoms with Gasteiger partial charge in [0.1, 0.15) is 0 Å². The Kier molecular flexibility index (Phi) is 7.71. The molecule has 1 heterocycles. The number of carbonyl (C=O) groups excluding carboxylic acids is 1. The molecule has 1 atom stereocenters. The molecule has 0 radical (unpaired) electrons. The van der Waals surface area contributed by atoms with E-state index in [1.807, 2.05) is 7.11 Å². The minimum absolute atomic E-state index is 0.00565. The van der Waals surface area contributed by atoms with E-state index in [2.05, 4.69) is 51.8 Å². The maximum absolute atomic E-state index is 12.9. The number of hydrogen-bond acceptors (Lipinski definition) is 4. The fourth-order valence-electron chi connectivity index (χ4n) is 5.95. The normalized spacial score (nSPS) is 36.8. The minimum atomic E-state index is -0.147. The van der Waals surface area contributed by atoms with Gasteiger partial charge in [0.25, 0.3) is 0 Å². The second kappa shape index (κ2) is 9.73. The molecule has 3 fully saturated rings. The van der Waals surface area contributed by atoms with Crippen LogP contribution >= 0.6 is 0 Å². The van der Waals surface area contributed by atoms with Crippen LogP contribution in [0.1, 0.15) is 85.5 Å². The highest BCUT2D eigenvalue weighted by Crippen LogP contribution is 2.44. The van der Waals surface area contributed by atoms with Crippen LogP contribution in [0.15, 0.2) is 12.2 Å². The molecule has 0 aromatic rings. The number of methoxy groups -OCH3 is 1. The van der Waals surface area contributed by atoms with E-state index in [1.54, 1.807) is 0 Å². The second-order valence-corrected chi connectivity index (χ2v) is 11.4. The summed E-state index contributed by atoms with van der Waals surface area (Å²) in [7, 11) is 3.97. The number of ether oxygens (including phenoxy) is 2. The van der Waals surface area contributed by atoms with Crippen molar-refractivity contribution in [1.29, 1.82) is 0 Å². The van der Waals surface area contributed by atoms with Crippen molar-refractivity contribution in [2.24, 2.45) is 23.7 Å². The highest BCUT2D eigenvalue weighted by Gasteiger charge is 2.53. The molecule has 4 heteroatoms. The summed E-state index contributed by atoms with van der Waals surface area (Å²) in [6.45, 7) is 9.40. The number of nitrogens with zero attached hydrogens (tertiary/aromatic N) is 1. The zero-order valence-corrected chi connectivity index (χ0v) is 20.3. The summed E-state index contributed by atoms with van der Waals surface area (Å²) in [5, 5.41) is 0. The third kappa shape index (κ3) is 5.48. The molecule has 4 nitrogen and oxygen atoms in total. The molecule has 3 aliphatic rings. The molecule has 0 aromatic heterocycles. The van der Waals surface area contributed by atoms with Gasteiger partial charge in [-0.15, -0.1) is 0 Å². The first kappa shape index (κ1) is 23.8. The van der Waals surface area contributed by atoms with Crippen LogP contribution in [-0.2, 0) is 14.3 Å². The molecule has 1 unspecified atom stereocenters. The molecule has 172 valence electrons. The van der Waals surface area contributed by atoms with Gasteiger partial charge in [-0.1, -0.05) is 12.2 Å². The summed E-state index contributed by atoms with van der Waals surface area (Å²) < 4.78 is 11.3. The third-order valence-corrected chi connectivity index (χ3v) is 8.67. The topological polar surface area (TPSA) is 38.8 Å². The number of likely N-dealkylation sites (tertiary alicyclic amines) is 1. The SMILES string of the molecule is COC1CCC(/C=C/C2CCC(COC(=O)C3CC(C)(C)N(C)C3(C)C)CC2)CC1. The van der Waals surface area contributed by atoms with E-state index in [9.17, 15) is 4.79 Å². The van der Waals surface area contributed by atoms with E-state index in [1.165, 1.54) is 51.4 Å². The van der Waals surface area contributed by atoms with Crippen molar-refractivity contribution in [3.8, 4) is 0 Å². The Bertz CT molecular complexity index is 595. The summed E-state index contributed by atoms with van der Waals surface area (Å²) >= 11 is 0. The zero-order chi connectivity index (χ0) is 21.9. The summed E-state index contributed by atoms with van der Waals surface area (Å²) in [6.07, 6.45) is 16.1. The van der Waals surface area contributed by atoms with Crippen LogP contribution in [-0.4, -0.2) is 48.8 Å². The van der Waals surface area contributed by atoms with E-state index < -0.39 is 0 Å². The molecule has 0 bridgehead atoms. The molecule has 2 aliphatic carbocycles. The predicted octanol–water partition coefficient (Wildman–Crippen LogP) is 5.61. The molecule has 1 saturated heterocycles. The number of carbonyl (C=O) groups is 1. The standard InChI is InChI=1S/C26H45NO3/c1-25(2)17-23(26(3,4)27(25)5)24(28)30-18-21-11-9-19(10-12-21)7-8-20-13-15-22(29-6)16-14-20/h7-8,19-23H,9-18H2,1-6H3/b8-7+. The van der Waals surface area contributed by atoms with Gasteiger partial charge in [0.05, 0.1) is 18.6 Å². The lowest BCUT2D eigenvalue weighted by Gasteiger charge is -2.38. The second-order valence-electron chi connectivity index (χ2n) is 11.4. The van der Waals surface area contributed by atoms with E-state index in [4.69, 9.17) is 9.47 Å². The smallest absolute Gasteiger partial charge is 0.310 e. The monoisotopic (exact) mass is 419 g/mol. The van der Waals surface area contributed by atoms with Gasteiger partial charge >= 0.3 is 5.97 Å². The summed E-state index contributed by atoms with van der Waals surface area (Å²) in [4.78, 5) is 15.2. The molecule has 0 N–H and O–H groups in total. The fourth-order valence-corrected chi connectivity index (χ4v) is 5.95. The largest absolute Gasteiger partial charge is 0.465 e. The Hall–Kier alpha value is -0.870. The van der Waals surface area contributed by atoms with Gasteiger partial charge in [-0.25, -0.2) is 0 Å². The lowest BCUT2D eigenvalue weighted by atomic mass is 9.80. The van der Waals surface area contributed by atoms with E-state index in [0.717, 1.165) is 12.3 Å². The molecule has 30 heavy (non-hydrogen) atoms. The van der Waals surface area contributed by atoms with Gasteiger partial charge in [0.2, 0.25) is 0 Å². The molecule has 0 amide bonds. The average Bonchev–Trinajstić information content (AvgIpc) is 2.91. The highest BCUT2D eigenvalue weighted by molar-refractivity contribution is 5.74. The third-order valence-electron chi connectivity index (χ3n) is 8.67. The van der Waals surface area contributed by atoms with E-state index in [-0.39, 0.29) is 23.0 Å². The molecular formula is C26H45NO3. The average molecular weight is 420 g/mol. The number of allylic oxidation sites excluding steroid dienone is 2. The molecular weight excluding hydrogens is 374 g/mol. The number of hydrogen-bond donors (Lipinski definition) is 0. The van der Waals surface area contributed by atoms with Crippen LogP contribution < -0.4 is 0 Å². The van der Waals surface area contributed by atoms with Gasteiger partial charge in [0.15, 0.2) is 0 Å². The Morgan fingerprint density at radius 3 is 1.93 bits per heavy atom. The van der Waals surface area contributed by atoms with Crippen LogP contribution in [0.25, 0.3) is 0 Å². The van der Waals surface area contributed by atoms with Crippen LogP contribution in [0.5, 0.6) is 0 Å². The first-order valence-corrected chi connectivity index (χ1v) is 12.2. The van der Waals surface area contributed by atoms with Crippen LogP contribution in [0.4, 0.5) is 0 Å². The first-order chi connectivity index (χ1) is 14.1. The Labute approximate surface area is 184 Å². The van der Waals surface area contributed by atoms with Gasteiger partial charge in [-0.3, -0.25) is 9.69 Å². The molecule has 2 saturated carbocycles. The number of rotatable bonds is 6. The van der Waals surface area contributed by atoms with Gasteiger partial charge in [0, 0.05) is 18.2 Å². The van der Waals surface area contributed by atoms with Crippen molar-refractivity contribution >= 4 is 5.97 Å². The molecule has 1 aliphatic heterocycles. The molecule has 0 spiro atoms. The van der Waals surface area contributed by atoms with Crippen molar-refractivity contribution in [2.75, 3.05) is 20.8 Å². The first-order valence-electron chi connectivity index (χ1n) is 12.2. The fraction of sp³-hybridized carbons (Fsp3) is 0.885. The van der Waals surface area contributed by atoms with Crippen molar-refractivity contribution < 1.29 is 14.3 Å². The van der Waals surface area contributed by atoms with Crippen LogP contribution in [0.2, 0.25) is 0 Å². The van der Waals surface area contributed by atoms with Gasteiger partial charge < -0.3 is 9.47 Å². The Balaban J connectivity index is 1.38.